The second kappa shape index (κ2) is 5.04. The minimum absolute atomic E-state index is 0.169. The quantitative estimate of drug-likeness (QED) is 0.833. The molecule has 0 amide bonds. The summed E-state index contributed by atoms with van der Waals surface area (Å²) < 4.78 is 36.9. The number of halogens is 2. The lowest BCUT2D eigenvalue weighted by molar-refractivity contribution is 0.283. The predicted octanol–water partition coefficient (Wildman–Crippen LogP) is 1.82. The van der Waals surface area contributed by atoms with Gasteiger partial charge in [0.15, 0.2) is 9.84 Å². The van der Waals surface area contributed by atoms with Gasteiger partial charge in [0.05, 0.1) is 11.5 Å². The van der Waals surface area contributed by atoms with E-state index in [0.717, 1.165) is 4.47 Å². The summed E-state index contributed by atoms with van der Waals surface area (Å²) in [7, 11) is -2.87. The zero-order chi connectivity index (χ0) is 12.5. The van der Waals surface area contributed by atoms with Crippen LogP contribution in [-0.4, -0.2) is 37.9 Å². The van der Waals surface area contributed by atoms with Crippen molar-refractivity contribution in [3.8, 4) is 0 Å². The van der Waals surface area contributed by atoms with Crippen LogP contribution in [0.3, 0.4) is 0 Å². The Morgan fingerprint density at radius 1 is 1.29 bits per heavy atom. The molecule has 0 aliphatic carbocycles. The number of rotatable bonds is 2. The van der Waals surface area contributed by atoms with E-state index < -0.39 is 9.84 Å². The van der Waals surface area contributed by atoms with Crippen LogP contribution in [0.25, 0.3) is 0 Å². The normalized spacial score (nSPS) is 20.4. The Labute approximate surface area is 109 Å². The Kier molecular flexibility index (Phi) is 3.85. The number of hydrogen-bond acceptors (Lipinski definition) is 3. The summed E-state index contributed by atoms with van der Waals surface area (Å²) in [6, 6.07) is 4.80. The van der Waals surface area contributed by atoms with Crippen LogP contribution in [0.15, 0.2) is 22.7 Å². The molecule has 0 radical (unpaired) electrons. The van der Waals surface area contributed by atoms with Gasteiger partial charge in [-0.2, -0.15) is 0 Å². The Bertz CT molecular complexity index is 504. The van der Waals surface area contributed by atoms with Crippen LogP contribution in [-0.2, 0) is 16.4 Å². The van der Waals surface area contributed by atoms with Crippen molar-refractivity contribution >= 4 is 25.8 Å². The second-order valence-corrected chi connectivity index (χ2v) is 7.38. The highest BCUT2D eigenvalue weighted by molar-refractivity contribution is 9.10. The first-order chi connectivity index (χ1) is 7.96. The molecule has 1 aliphatic rings. The van der Waals surface area contributed by atoms with E-state index in [1.807, 2.05) is 4.90 Å². The molecule has 1 heterocycles. The molecule has 0 spiro atoms. The maximum atomic E-state index is 13.5. The first kappa shape index (κ1) is 13.0. The summed E-state index contributed by atoms with van der Waals surface area (Å²) >= 11 is 3.30. The molecule has 1 fully saturated rings. The zero-order valence-corrected chi connectivity index (χ0v) is 11.6. The topological polar surface area (TPSA) is 37.4 Å². The molecule has 2 rings (SSSR count). The number of sulfone groups is 1. The van der Waals surface area contributed by atoms with Crippen LogP contribution >= 0.6 is 15.9 Å². The van der Waals surface area contributed by atoms with Crippen molar-refractivity contribution in [2.24, 2.45) is 0 Å². The molecule has 6 heteroatoms. The predicted molar refractivity (Wildman–Crippen MR) is 68.0 cm³/mol. The monoisotopic (exact) mass is 321 g/mol. The van der Waals surface area contributed by atoms with Crippen molar-refractivity contribution in [2.75, 3.05) is 24.6 Å². The average Bonchev–Trinajstić information content (AvgIpc) is 2.26. The van der Waals surface area contributed by atoms with E-state index in [2.05, 4.69) is 15.9 Å². The standard InChI is InChI=1S/C11H13BrFNO2S/c12-10-1-2-11(13)9(7-10)8-14-3-5-17(15,16)6-4-14/h1-2,7H,3-6,8H2. The molecular weight excluding hydrogens is 309 g/mol. The van der Waals surface area contributed by atoms with E-state index in [-0.39, 0.29) is 17.3 Å². The lowest BCUT2D eigenvalue weighted by atomic mass is 10.2. The molecule has 3 nitrogen and oxygen atoms in total. The zero-order valence-electron chi connectivity index (χ0n) is 9.20. The van der Waals surface area contributed by atoms with Crippen LogP contribution < -0.4 is 0 Å². The highest BCUT2D eigenvalue weighted by atomic mass is 79.9. The van der Waals surface area contributed by atoms with E-state index in [0.29, 0.717) is 25.2 Å². The van der Waals surface area contributed by atoms with Crippen LogP contribution in [0.5, 0.6) is 0 Å². The van der Waals surface area contributed by atoms with Gasteiger partial charge in [-0.3, -0.25) is 4.90 Å². The van der Waals surface area contributed by atoms with Crippen LogP contribution in [0.4, 0.5) is 4.39 Å². The van der Waals surface area contributed by atoms with Crippen LogP contribution in [0.2, 0.25) is 0 Å². The molecule has 1 aromatic rings. The highest BCUT2D eigenvalue weighted by Crippen LogP contribution is 2.18. The van der Waals surface area contributed by atoms with Gasteiger partial charge in [-0.05, 0) is 18.2 Å². The van der Waals surface area contributed by atoms with Gasteiger partial charge in [-0.1, -0.05) is 15.9 Å². The molecule has 0 N–H and O–H groups in total. The molecule has 1 saturated heterocycles. The Morgan fingerprint density at radius 3 is 2.59 bits per heavy atom. The van der Waals surface area contributed by atoms with Crippen molar-refractivity contribution in [3.05, 3.63) is 34.1 Å². The third-order valence-corrected chi connectivity index (χ3v) is 4.94. The van der Waals surface area contributed by atoms with E-state index in [9.17, 15) is 12.8 Å². The van der Waals surface area contributed by atoms with Gasteiger partial charge < -0.3 is 0 Å². The molecule has 0 aromatic heterocycles. The minimum atomic E-state index is -2.87. The third kappa shape index (κ3) is 3.50. The van der Waals surface area contributed by atoms with Gasteiger partial charge in [0.2, 0.25) is 0 Å². The third-order valence-electron chi connectivity index (χ3n) is 2.84. The van der Waals surface area contributed by atoms with Crippen LogP contribution in [0, 0.1) is 5.82 Å². The Balaban J connectivity index is 2.05. The lowest BCUT2D eigenvalue weighted by Gasteiger charge is -2.26. The largest absolute Gasteiger partial charge is 0.297 e. The van der Waals surface area contributed by atoms with Crippen LogP contribution in [0.1, 0.15) is 5.56 Å². The fourth-order valence-electron chi connectivity index (χ4n) is 1.81. The van der Waals surface area contributed by atoms with E-state index >= 15 is 0 Å². The van der Waals surface area contributed by atoms with Gasteiger partial charge in [-0.25, -0.2) is 12.8 Å². The number of benzene rings is 1. The molecule has 1 aliphatic heterocycles. The molecule has 0 saturated carbocycles. The first-order valence-electron chi connectivity index (χ1n) is 5.33. The summed E-state index contributed by atoms with van der Waals surface area (Å²) in [5.74, 6) is 0.0900. The van der Waals surface area contributed by atoms with Gasteiger partial charge in [0.25, 0.3) is 0 Å². The van der Waals surface area contributed by atoms with Crippen molar-refractivity contribution in [3.63, 3.8) is 0 Å². The highest BCUT2D eigenvalue weighted by Gasteiger charge is 2.22. The van der Waals surface area contributed by atoms with Gasteiger partial charge >= 0.3 is 0 Å². The van der Waals surface area contributed by atoms with Crippen molar-refractivity contribution in [2.45, 2.75) is 6.54 Å². The first-order valence-corrected chi connectivity index (χ1v) is 7.94. The van der Waals surface area contributed by atoms with Crippen molar-refractivity contribution in [1.82, 2.24) is 4.90 Å². The fourth-order valence-corrected chi connectivity index (χ4v) is 3.50. The maximum absolute atomic E-state index is 13.5. The molecule has 0 unspecified atom stereocenters. The summed E-state index contributed by atoms with van der Waals surface area (Å²) in [6.07, 6.45) is 0. The minimum Gasteiger partial charge on any atom is -0.297 e. The van der Waals surface area contributed by atoms with Gasteiger partial charge in [0, 0.05) is 29.7 Å². The Hall–Kier alpha value is -0.460. The summed E-state index contributed by atoms with van der Waals surface area (Å²) in [5.41, 5.74) is 0.596. The molecule has 0 bridgehead atoms. The van der Waals surface area contributed by atoms with E-state index in [1.165, 1.54) is 6.07 Å². The van der Waals surface area contributed by atoms with Gasteiger partial charge in [0.1, 0.15) is 5.82 Å². The molecule has 1 aromatic carbocycles. The van der Waals surface area contributed by atoms with E-state index in [4.69, 9.17) is 0 Å². The Morgan fingerprint density at radius 2 is 1.94 bits per heavy atom. The SMILES string of the molecule is O=S1(=O)CCN(Cc2cc(Br)ccc2F)CC1. The summed E-state index contributed by atoms with van der Waals surface area (Å²) in [5, 5.41) is 0. The van der Waals surface area contributed by atoms with Gasteiger partial charge in [-0.15, -0.1) is 0 Å². The number of hydrogen-bond donors (Lipinski definition) is 0. The summed E-state index contributed by atoms with van der Waals surface area (Å²) in [6.45, 7) is 1.42. The smallest absolute Gasteiger partial charge is 0.152 e. The molecule has 94 valence electrons. The van der Waals surface area contributed by atoms with Crippen molar-refractivity contribution in [1.29, 1.82) is 0 Å². The number of nitrogens with zero attached hydrogens (tertiary/aromatic N) is 1. The lowest BCUT2D eigenvalue weighted by Crippen LogP contribution is -2.39. The molecule has 0 atom stereocenters. The van der Waals surface area contributed by atoms with E-state index in [1.54, 1.807) is 12.1 Å². The van der Waals surface area contributed by atoms with Crippen molar-refractivity contribution < 1.29 is 12.8 Å². The second-order valence-electron chi connectivity index (χ2n) is 4.16. The summed E-state index contributed by atoms with van der Waals surface area (Å²) in [4.78, 5) is 1.96. The molecule has 17 heavy (non-hydrogen) atoms. The fraction of sp³-hybridized carbons (Fsp3) is 0.455. The average molecular weight is 322 g/mol. The maximum Gasteiger partial charge on any atom is 0.152 e. The molecular formula is C11H13BrFNO2S.